The van der Waals surface area contributed by atoms with Crippen LogP contribution in [0, 0.1) is 0 Å². The number of aromatic nitrogens is 5. The molecule has 1 aromatic carbocycles. The number of carbonyl (C=O) groups is 1. The van der Waals surface area contributed by atoms with E-state index in [2.05, 4.69) is 21.2 Å². The van der Waals surface area contributed by atoms with Gasteiger partial charge in [-0.15, -0.1) is 0 Å². The minimum Gasteiger partial charge on any atom is -0.442 e. The van der Waals surface area contributed by atoms with Gasteiger partial charge in [0.1, 0.15) is 6.26 Å². The Bertz CT molecular complexity index is 1100. The number of nitrogens with zero attached hydrogens (tertiary/aromatic N) is 5. The van der Waals surface area contributed by atoms with Crippen molar-refractivity contribution in [1.29, 1.82) is 0 Å². The predicted octanol–water partition coefficient (Wildman–Crippen LogP) is 3.58. The lowest BCUT2D eigenvalue weighted by Crippen LogP contribution is -2.11. The maximum atomic E-state index is 11.8. The molecule has 0 radical (unpaired) electrons. The number of unbranched alkanes of at least 4 members (excludes halogenated alkanes) is 2. The van der Waals surface area contributed by atoms with E-state index in [1.807, 2.05) is 42.3 Å². The van der Waals surface area contributed by atoms with Crippen LogP contribution in [0.15, 0.2) is 53.5 Å². The number of hydrogen-bond acceptors (Lipinski definition) is 6. The molecule has 29 heavy (non-hydrogen) atoms. The number of oxazole rings is 1. The maximum absolute atomic E-state index is 11.8. The lowest BCUT2D eigenvalue weighted by atomic mass is 10.0. The van der Waals surface area contributed by atoms with E-state index in [0.29, 0.717) is 6.42 Å². The second-order valence-electron chi connectivity index (χ2n) is 7.20. The molecule has 0 bridgehead atoms. The zero-order valence-corrected chi connectivity index (χ0v) is 16.4. The number of benzene rings is 1. The molecule has 3 aromatic heterocycles. The molecule has 1 atom stereocenters. The Labute approximate surface area is 168 Å². The molecule has 8 nitrogen and oxygen atoms in total. The van der Waals surface area contributed by atoms with Crippen molar-refractivity contribution in [2.24, 2.45) is 12.8 Å². The summed E-state index contributed by atoms with van der Waals surface area (Å²) in [5.74, 6) is 0.139. The Kier molecular flexibility index (Phi) is 5.53. The first kappa shape index (κ1) is 19.1. The first-order valence-electron chi connectivity index (χ1n) is 9.78. The zero-order chi connectivity index (χ0) is 20.2. The average molecular weight is 392 g/mol. The standard InChI is InChI=1S/C21H24N6O2/c1-26-14-15-13-16(7-8-18(15)24-26)27-11-9-19(25-27)17(22)5-3-2-4-6-20(28)21-23-10-12-29-21/h7-14,17H,2-6,22H2,1H3/t17-/m0/s1. The summed E-state index contributed by atoms with van der Waals surface area (Å²) in [7, 11) is 1.91. The molecule has 0 aliphatic carbocycles. The van der Waals surface area contributed by atoms with Crippen LogP contribution in [0.3, 0.4) is 0 Å². The predicted molar refractivity (Wildman–Crippen MR) is 109 cm³/mol. The molecule has 0 saturated carbocycles. The second-order valence-corrected chi connectivity index (χ2v) is 7.20. The highest BCUT2D eigenvalue weighted by molar-refractivity contribution is 5.91. The molecule has 2 N–H and O–H groups in total. The number of rotatable bonds is 9. The van der Waals surface area contributed by atoms with E-state index >= 15 is 0 Å². The van der Waals surface area contributed by atoms with E-state index < -0.39 is 0 Å². The zero-order valence-electron chi connectivity index (χ0n) is 16.4. The number of nitrogens with two attached hydrogens (primary N) is 1. The summed E-state index contributed by atoms with van der Waals surface area (Å²) in [6.07, 6.45) is 10.8. The Balaban J connectivity index is 1.27. The largest absolute Gasteiger partial charge is 0.442 e. The molecular formula is C21H24N6O2. The molecule has 0 spiro atoms. The average Bonchev–Trinajstić information content (AvgIpc) is 3.45. The first-order chi connectivity index (χ1) is 14.1. The summed E-state index contributed by atoms with van der Waals surface area (Å²) in [6.45, 7) is 0. The van der Waals surface area contributed by atoms with E-state index in [4.69, 9.17) is 10.2 Å². The number of Topliss-reactive ketones (excluding diaryl/α,β-unsaturated/α-hetero) is 1. The van der Waals surface area contributed by atoms with Crippen molar-refractivity contribution >= 4 is 16.7 Å². The van der Waals surface area contributed by atoms with Crippen LogP contribution in [-0.4, -0.2) is 30.3 Å². The van der Waals surface area contributed by atoms with Gasteiger partial charge in [-0.1, -0.05) is 12.8 Å². The summed E-state index contributed by atoms with van der Waals surface area (Å²) in [4.78, 5) is 15.7. The van der Waals surface area contributed by atoms with Crippen LogP contribution in [0.1, 0.15) is 54.5 Å². The second kappa shape index (κ2) is 8.40. The molecule has 150 valence electrons. The van der Waals surface area contributed by atoms with Gasteiger partial charge in [0.2, 0.25) is 5.78 Å². The number of fused-ring (bicyclic) bond motifs is 1. The molecule has 3 heterocycles. The van der Waals surface area contributed by atoms with Crippen LogP contribution in [0.4, 0.5) is 0 Å². The van der Waals surface area contributed by atoms with E-state index in [-0.39, 0.29) is 17.7 Å². The van der Waals surface area contributed by atoms with Crippen LogP contribution in [0.5, 0.6) is 0 Å². The maximum Gasteiger partial charge on any atom is 0.263 e. The number of carbonyl (C=O) groups excluding carboxylic acids is 1. The topological polar surface area (TPSA) is 105 Å². The minimum atomic E-state index is -0.124. The van der Waals surface area contributed by atoms with Gasteiger partial charge in [-0.2, -0.15) is 10.2 Å². The van der Waals surface area contributed by atoms with E-state index in [1.54, 1.807) is 4.68 Å². The van der Waals surface area contributed by atoms with Gasteiger partial charge < -0.3 is 10.2 Å². The van der Waals surface area contributed by atoms with E-state index in [1.165, 1.54) is 12.5 Å². The van der Waals surface area contributed by atoms with Crippen LogP contribution in [-0.2, 0) is 7.05 Å². The number of ketones is 1. The lowest BCUT2D eigenvalue weighted by Gasteiger charge is -2.08. The van der Waals surface area contributed by atoms with Gasteiger partial charge in [-0.05, 0) is 37.1 Å². The molecular weight excluding hydrogens is 368 g/mol. The minimum absolute atomic E-state index is 0.0522. The van der Waals surface area contributed by atoms with E-state index in [0.717, 1.165) is 48.0 Å². The van der Waals surface area contributed by atoms with Crippen molar-refractivity contribution in [3.05, 3.63) is 60.7 Å². The van der Waals surface area contributed by atoms with Crippen LogP contribution >= 0.6 is 0 Å². The van der Waals surface area contributed by atoms with Crippen LogP contribution in [0.25, 0.3) is 16.6 Å². The molecule has 0 saturated heterocycles. The third-order valence-electron chi connectivity index (χ3n) is 4.95. The van der Waals surface area contributed by atoms with Crippen molar-refractivity contribution in [2.45, 2.75) is 38.1 Å². The summed E-state index contributed by atoms with van der Waals surface area (Å²) in [5.41, 5.74) is 9.13. The van der Waals surface area contributed by atoms with Crippen molar-refractivity contribution in [2.75, 3.05) is 0 Å². The Hall–Kier alpha value is -3.26. The summed E-state index contributed by atoms with van der Waals surface area (Å²) in [6, 6.07) is 7.90. The SMILES string of the molecule is Cn1cc2cc(-n3ccc([C@@H](N)CCCCCC(=O)c4ncco4)n3)ccc2n1. The molecule has 0 unspecified atom stereocenters. The molecule has 0 aliphatic rings. The fraction of sp³-hybridized carbons (Fsp3) is 0.333. The lowest BCUT2D eigenvalue weighted by molar-refractivity contribution is 0.0945. The van der Waals surface area contributed by atoms with Crippen LogP contribution < -0.4 is 5.73 Å². The summed E-state index contributed by atoms with van der Waals surface area (Å²) in [5, 5.41) is 10.1. The van der Waals surface area contributed by atoms with Crippen LogP contribution in [0.2, 0.25) is 0 Å². The molecule has 4 rings (SSSR count). The quantitative estimate of drug-likeness (QED) is 0.345. The molecule has 8 heteroatoms. The first-order valence-corrected chi connectivity index (χ1v) is 9.78. The summed E-state index contributed by atoms with van der Waals surface area (Å²) >= 11 is 0. The Morgan fingerprint density at radius 2 is 2.10 bits per heavy atom. The van der Waals surface area contributed by atoms with Crippen molar-refractivity contribution in [1.82, 2.24) is 24.5 Å². The third-order valence-corrected chi connectivity index (χ3v) is 4.95. The number of aryl methyl sites for hydroxylation is 1. The fourth-order valence-corrected chi connectivity index (χ4v) is 3.40. The molecule has 0 aliphatic heterocycles. The Morgan fingerprint density at radius 1 is 1.21 bits per heavy atom. The van der Waals surface area contributed by atoms with Gasteiger partial charge in [0.25, 0.3) is 5.89 Å². The van der Waals surface area contributed by atoms with Gasteiger partial charge in [0.05, 0.1) is 23.1 Å². The summed E-state index contributed by atoms with van der Waals surface area (Å²) < 4.78 is 8.66. The fourth-order valence-electron chi connectivity index (χ4n) is 3.40. The highest BCUT2D eigenvalue weighted by Gasteiger charge is 2.12. The van der Waals surface area contributed by atoms with E-state index in [9.17, 15) is 4.79 Å². The van der Waals surface area contributed by atoms with Crippen molar-refractivity contribution in [3.8, 4) is 5.69 Å². The van der Waals surface area contributed by atoms with Crippen molar-refractivity contribution in [3.63, 3.8) is 0 Å². The van der Waals surface area contributed by atoms with Gasteiger partial charge in [0, 0.05) is 37.3 Å². The normalized spacial score (nSPS) is 12.5. The Morgan fingerprint density at radius 3 is 2.93 bits per heavy atom. The monoisotopic (exact) mass is 392 g/mol. The van der Waals surface area contributed by atoms with Gasteiger partial charge in [-0.3, -0.25) is 9.48 Å². The van der Waals surface area contributed by atoms with Gasteiger partial charge >= 0.3 is 0 Å². The third kappa shape index (κ3) is 4.43. The molecule has 0 fully saturated rings. The van der Waals surface area contributed by atoms with Gasteiger partial charge in [0.15, 0.2) is 0 Å². The smallest absolute Gasteiger partial charge is 0.263 e. The highest BCUT2D eigenvalue weighted by atomic mass is 16.3. The highest BCUT2D eigenvalue weighted by Crippen LogP contribution is 2.20. The molecule has 0 amide bonds. The number of hydrogen-bond donors (Lipinski definition) is 1. The molecule has 4 aromatic rings. The van der Waals surface area contributed by atoms with Crippen molar-refractivity contribution < 1.29 is 9.21 Å². The van der Waals surface area contributed by atoms with Gasteiger partial charge in [-0.25, -0.2) is 9.67 Å².